The van der Waals surface area contributed by atoms with Gasteiger partial charge >= 0.3 is 0 Å². The molecular weight excluding hydrogens is 256 g/mol. The van der Waals surface area contributed by atoms with Gasteiger partial charge in [0.15, 0.2) is 0 Å². The van der Waals surface area contributed by atoms with Gasteiger partial charge in [-0.3, -0.25) is 4.90 Å². The lowest BCUT2D eigenvalue weighted by Gasteiger charge is -2.34. The standard InChI is InChI=1S/C15H26N2OS/c1-15(2,3)14-16-11(10-19-14)9-17(4)12-7-5-6-8-13(12)18/h10,12-13,18H,5-9H2,1-4H3. The Morgan fingerprint density at radius 2 is 2.05 bits per heavy atom. The van der Waals surface area contributed by atoms with E-state index < -0.39 is 0 Å². The van der Waals surface area contributed by atoms with Crippen LogP contribution in [0.15, 0.2) is 5.38 Å². The summed E-state index contributed by atoms with van der Waals surface area (Å²) < 4.78 is 0. The summed E-state index contributed by atoms with van der Waals surface area (Å²) in [5, 5.41) is 13.4. The second kappa shape index (κ2) is 5.90. The normalized spacial score (nSPS) is 24.9. The van der Waals surface area contributed by atoms with E-state index in [0.717, 1.165) is 31.5 Å². The molecule has 0 aliphatic heterocycles. The van der Waals surface area contributed by atoms with Gasteiger partial charge in [-0.15, -0.1) is 11.3 Å². The number of nitrogens with zero attached hydrogens (tertiary/aromatic N) is 2. The Labute approximate surface area is 120 Å². The average Bonchev–Trinajstić information content (AvgIpc) is 2.77. The molecule has 0 bridgehead atoms. The molecule has 1 aromatic heterocycles. The molecule has 2 unspecified atom stereocenters. The van der Waals surface area contributed by atoms with Crippen LogP contribution in [0.3, 0.4) is 0 Å². The van der Waals surface area contributed by atoms with Crippen molar-refractivity contribution in [1.29, 1.82) is 0 Å². The zero-order valence-electron chi connectivity index (χ0n) is 12.5. The van der Waals surface area contributed by atoms with Crippen LogP contribution in [0.1, 0.15) is 57.2 Å². The van der Waals surface area contributed by atoms with E-state index >= 15 is 0 Å². The number of hydrogen-bond donors (Lipinski definition) is 1. The van der Waals surface area contributed by atoms with E-state index in [1.54, 1.807) is 11.3 Å². The predicted molar refractivity (Wildman–Crippen MR) is 80.5 cm³/mol. The molecule has 2 rings (SSSR count). The summed E-state index contributed by atoms with van der Waals surface area (Å²) in [6, 6.07) is 0.300. The van der Waals surface area contributed by atoms with Crippen LogP contribution in [-0.4, -0.2) is 34.2 Å². The van der Waals surface area contributed by atoms with Gasteiger partial charge in [0, 0.05) is 23.4 Å². The third kappa shape index (κ3) is 3.77. The van der Waals surface area contributed by atoms with Crippen LogP contribution in [0.5, 0.6) is 0 Å². The quantitative estimate of drug-likeness (QED) is 0.925. The summed E-state index contributed by atoms with van der Waals surface area (Å²) in [6.45, 7) is 7.44. The van der Waals surface area contributed by atoms with Crippen molar-refractivity contribution in [2.24, 2.45) is 0 Å². The second-order valence-corrected chi connectivity index (χ2v) is 7.59. The zero-order chi connectivity index (χ0) is 14.0. The van der Waals surface area contributed by atoms with Gasteiger partial charge in [0.2, 0.25) is 0 Å². The fourth-order valence-corrected chi connectivity index (χ4v) is 3.60. The van der Waals surface area contributed by atoms with Crippen LogP contribution >= 0.6 is 11.3 Å². The molecule has 1 fully saturated rings. The highest BCUT2D eigenvalue weighted by atomic mass is 32.1. The average molecular weight is 282 g/mol. The van der Waals surface area contributed by atoms with Crippen molar-refractivity contribution >= 4 is 11.3 Å². The van der Waals surface area contributed by atoms with Gasteiger partial charge < -0.3 is 5.11 Å². The van der Waals surface area contributed by atoms with Crippen LogP contribution in [0.4, 0.5) is 0 Å². The minimum Gasteiger partial charge on any atom is -0.391 e. The summed E-state index contributed by atoms with van der Waals surface area (Å²) in [5.74, 6) is 0. The van der Waals surface area contributed by atoms with E-state index in [1.165, 1.54) is 11.4 Å². The first-order valence-electron chi connectivity index (χ1n) is 7.21. The van der Waals surface area contributed by atoms with Crippen molar-refractivity contribution in [3.63, 3.8) is 0 Å². The minimum atomic E-state index is -0.167. The highest BCUT2D eigenvalue weighted by Gasteiger charge is 2.27. The Kier molecular flexibility index (Phi) is 4.64. The molecule has 4 heteroatoms. The smallest absolute Gasteiger partial charge is 0.0982 e. The summed E-state index contributed by atoms with van der Waals surface area (Å²) in [4.78, 5) is 7.01. The topological polar surface area (TPSA) is 36.4 Å². The molecule has 1 N–H and O–H groups in total. The molecule has 0 aromatic carbocycles. The van der Waals surface area contributed by atoms with E-state index in [0.29, 0.717) is 6.04 Å². The molecule has 0 spiro atoms. The van der Waals surface area contributed by atoms with Crippen molar-refractivity contribution in [2.45, 2.75) is 70.6 Å². The number of aromatic nitrogens is 1. The molecule has 1 aromatic rings. The van der Waals surface area contributed by atoms with Crippen LogP contribution in [0.25, 0.3) is 0 Å². The van der Waals surface area contributed by atoms with Crippen molar-refractivity contribution in [3.8, 4) is 0 Å². The highest BCUT2D eigenvalue weighted by molar-refractivity contribution is 7.09. The SMILES string of the molecule is CN(Cc1csc(C(C)(C)C)n1)C1CCCCC1O. The third-order valence-electron chi connectivity index (χ3n) is 3.86. The maximum Gasteiger partial charge on any atom is 0.0982 e. The van der Waals surface area contributed by atoms with Gasteiger partial charge in [-0.25, -0.2) is 4.98 Å². The van der Waals surface area contributed by atoms with Crippen LogP contribution in [0.2, 0.25) is 0 Å². The van der Waals surface area contributed by atoms with E-state index in [1.807, 2.05) is 0 Å². The Morgan fingerprint density at radius 1 is 1.37 bits per heavy atom. The molecule has 19 heavy (non-hydrogen) atoms. The van der Waals surface area contributed by atoms with Gasteiger partial charge in [-0.05, 0) is 19.9 Å². The Hall–Kier alpha value is -0.450. The largest absolute Gasteiger partial charge is 0.391 e. The number of aliphatic hydroxyl groups is 1. The van der Waals surface area contributed by atoms with Crippen molar-refractivity contribution < 1.29 is 5.11 Å². The van der Waals surface area contributed by atoms with E-state index in [9.17, 15) is 5.11 Å². The van der Waals surface area contributed by atoms with E-state index in [-0.39, 0.29) is 11.5 Å². The lowest BCUT2D eigenvalue weighted by Crippen LogP contribution is -2.42. The Balaban J connectivity index is 1.98. The number of aliphatic hydroxyl groups excluding tert-OH is 1. The molecule has 0 amide bonds. The number of likely N-dealkylation sites (N-methyl/N-ethyl adjacent to an activating group) is 1. The van der Waals surface area contributed by atoms with Gasteiger partial charge in [-0.2, -0.15) is 0 Å². The number of hydrogen-bond acceptors (Lipinski definition) is 4. The van der Waals surface area contributed by atoms with E-state index in [4.69, 9.17) is 4.98 Å². The predicted octanol–water partition coefficient (Wildman–Crippen LogP) is 3.18. The van der Waals surface area contributed by atoms with Gasteiger partial charge in [0.1, 0.15) is 0 Å². The van der Waals surface area contributed by atoms with Crippen LogP contribution in [0, 0.1) is 0 Å². The third-order valence-corrected chi connectivity index (χ3v) is 5.18. The molecule has 3 nitrogen and oxygen atoms in total. The van der Waals surface area contributed by atoms with Crippen LogP contribution in [-0.2, 0) is 12.0 Å². The van der Waals surface area contributed by atoms with Gasteiger partial charge in [0.25, 0.3) is 0 Å². The summed E-state index contributed by atoms with van der Waals surface area (Å²) in [5.41, 5.74) is 1.27. The molecule has 1 saturated carbocycles. The first-order valence-corrected chi connectivity index (χ1v) is 8.09. The van der Waals surface area contributed by atoms with Gasteiger partial charge in [0.05, 0.1) is 16.8 Å². The first kappa shape index (κ1) is 14.9. The number of thiazole rings is 1. The maximum absolute atomic E-state index is 10.1. The van der Waals surface area contributed by atoms with Crippen molar-refractivity contribution in [2.75, 3.05) is 7.05 Å². The monoisotopic (exact) mass is 282 g/mol. The Bertz CT molecular complexity index is 411. The molecule has 0 radical (unpaired) electrons. The van der Waals surface area contributed by atoms with Crippen molar-refractivity contribution in [3.05, 3.63) is 16.1 Å². The molecule has 2 atom stereocenters. The maximum atomic E-state index is 10.1. The zero-order valence-corrected chi connectivity index (χ0v) is 13.3. The minimum absolute atomic E-state index is 0.131. The molecule has 1 aliphatic carbocycles. The second-order valence-electron chi connectivity index (χ2n) is 6.73. The highest BCUT2D eigenvalue weighted by Crippen LogP contribution is 2.27. The van der Waals surface area contributed by atoms with E-state index in [2.05, 4.69) is 38.1 Å². The molecule has 0 saturated heterocycles. The van der Waals surface area contributed by atoms with Gasteiger partial charge in [-0.1, -0.05) is 33.6 Å². The lowest BCUT2D eigenvalue weighted by atomic mass is 9.91. The first-order chi connectivity index (χ1) is 8.88. The fourth-order valence-electron chi connectivity index (χ4n) is 2.70. The molecule has 1 aliphatic rings. The molecule has 108 valence electrons. The molecule has 1 heterocycles. The van der Waals surface area contributed by atoms with Crippen LogP contribution < -0.4 is 0 Å². The Morgan fingerprint density at radius 3 is 2.63 bits per heavy atom. The van der Waals surface area contributed by atoms with Crippen molar-refractivity contribution in [1.82, 2.24) is 9.88 Å². The fraction of sp³-hybridized carbons (Fsp3) is 0.800. The summed E-state index contributed by atoms with van der Waals surface area (Å²) in [7, 11) is 2.11. The molecular formula is C15H26N2OS. The number of rotatable bonds is 3. The lowest BCUT2D eigenvalue weighted by molar-refractivity contribution is 0.0284. The summed E-state index contributed by atoms with van der Waals surface area (Å²) >= 11 is 1.75. The summed E-state index contributed by atoms with van der Waals surface area (Å²) in [6.07, 6.45) is 4.28.